The summed E-state index contributed by atoms with van der Waals surface area (Å²) >= 11 is 0. The van der Waals surface area contributed by atoms with E-state index >= 15 is 0 Å². The topological polar surface area (TPSA) is 60.2 Å². The molecule has 0 unspecified atom stereocenters. The van der Waals surface area contributed by atoms with Gasteiger partial charge in [-0.2, -0.15) is 0 Å². The zero-order valence-electron chi connectivity index (χ0n) is 7.03. The van der Waals surface area contributed by atoms with Crippen molar-refractivity contribution in [1.29, 1.82) is 0 Å². The zero-order valence-corrected chi connectivity index (χ0v) is 7.85. The van der Waals surface area contributed by atoms with Crippen LogP contribution in [0.15, 0.2) is 23.1 Å². The average molecular weight is 187 g/mol. The highest BCUT2D eigenvalue weighted by molar-refractivity contribution is 7.89. The van der Waals surface area contributed by atoms with Crippen molar-refractivity contribution in [3.63, 3.8) is 0 Å². The van der Waals surface area contributed by atoms with Crippen molar-refractivity contribution >= 4 is 10.0 Å². The van der Waals surface area contributed by atoms with Crippen LogP contribution in [-0.2, 0) is 10.0 Å². The van der Waals surface area contributed by atoms with Crippen LogP contribution in [0.1, 0.15) is 12.6 Å². The molecule has 0 fully saturated rings. The van der Waals surface area contributed by atoms with Crippen LogP contribution >= 0.6 is 0 Å². The van der Waals surface area contributed by atoms with E-state index in [1.807, 2.05) is 13.0 Å². The first-order chi connectivity index (χ1) is 5.41. The fourth-order valence-electron chi connectivity index (χ4n) is 1.01. The first-order valence-corrected chi connectivity index (χ1v) is 5.06. The normalized spacial score (nSPS) is 11.6. The molecule has 0 saturated heterocycles. The molecule has 0 radical (unpaired) electrons. The summed E-state index contributed by atoms with van der Waals surface area (Å²) in [4.78, 5) is 0.211. The van der Waals surface area contributed by atoms with Crippen LogP contribution in [0.5, 0.6) is 0 Å². The molecule has 0 bridgehead atoms. The van der Waals surface area contributed by atoms with Crippen molar-refractivity contribution in [2.24, 2.45) is 5.14 Å². The molecule has 1 aromatic rings. The Labute approximate surface area is 73.7 Å². The van der Waals surface area contributed by atoms with Crippen molar-refractivity contribution in [2.45, 2.75) is 18.7 Å². The standard InChI is InChI=1S/C8H11NO2S.H2/c1-6-3-4-7(2)8(5-6)12(9,10)11;/h3-5H,1-2H3,(H2,9,10,11);1H. The number of benzene rings is 1. The van der Waals surface area contributed by atoms with E-state index in [1.165, 1.54) is 0 Å². The van der Waals surface area contributed by atoms with Crippen LogP contribution in [0.2, 0.25) is 0 Å². The van der Waals surface area contributed by atoms with Crippen LogP contribution < -0.4 is 5.14 Å². The fourth-order valence-corrected chi connectivity index (χ4v) is 1.88. The Morgan fingerprint density at radius 1 is 1.33 bits per heavy atom. The van der Waals surface area contributed by atoms with Gasteiger partial charge >= 0.3 is 0 Å². The Kier molecular flexibility index (Phi) is 2.21. The highest BCUT2D eigenvalue weighted by Crippen LogP contribution is 2.14. The molecule has 0 aliphatic heterocycles. The zero-order chi connectivity index (χ0) is 9.35. The van der Waals surface area contributed by atoms with E-state index in [4.69, 9.17) is 5.14 Å². The van der Waals surface area contributed by atoms with Crippen LogP contribution in [0.3, 0.4) is 0 Å². The molecule has 1 rings (SSSR count). The maximum atomic E-state index is 11.0. The molecular weight excluding hydrogens is 174 g/mol. The molecule has 68 valence electrons. The number of rotatable bonds is 1. The Hall–Kier alpha value is -0.870. The third-order valence-corrected chi connectivity index (χ3v) is 2.70. The van der Waals surface area contributed by atoms with Gasteiger partial charge in [-0.3, -0.25) is 0 Å². The Morgan fingerprint density at radius 3 is 2.33 bits per heavy atom. The predicted octanol–water partition coefficient (Wildman–Crippen LogP) is 1.20. The maximum Gasteiger partial charge on any atom is 0.238 e. The largest absolute Gasteiger partial charge is 0.238 e. The van der Waals surface area contributed by atoms with Crippen molar-refractivity contribution in [3.8, 4) is 0 Å². The Bertz CT molecular complexity index is 401. The number of aryl methyl sites for hydroxylation is 2. The highest BCUT2D eigenvalue weighted by atomic mass is 32.2. The van der Waals surface area contributed by atoms with Gasteiger partial charge in [0.05, 0.1) is 4.90 Å². The Morgan fingerprint density at radius 2 is 1.92 bits per heavy atom. The van der Waals surface area contributed by atoms with Crippen molar-refractivity contribution in [3.05, 3.63) is 29.3 Å². The van der Waals surface area contributed by atoms with E-state index in [9.17, 15) is 8.42 Å². The van der Waals surface area contributed by atoms with E-state index in [2.05, 4.69) is 0 Å². The monoisotopic (exact) mass is 187 g/mol. The SMILES string of the molecule is Cc1ccc(C)c(S(N)(=O)=O)c1.[HH]. The van der Waals surface area contributed by atoms with E-state index in [-0.39, 0.29) is 6.32 Å². The molecule has 3 nitrogen and oxygen atoms in total. The average Bonchev–Trinajstić information content (AvgIpc) is 1.92. The van der Waals surface area contributed by atoms with E-state index in [0.717, 1.165) is 5.56 Å². The summed E-state index contributed by atoms with van der Waals surface area (Å²) in [5.74, 6) is 0. The minimum atomic E-state index is -3.56. The highest BCUT2D eigenvalue weighted by Gasteiger charge is 2.10. The third-order valence-electron chi connectivity index (χ3n) is 1.65. The lowest BCUT2D eigenvalue weighted by Crippen LogP contribution is -2.13. The molecular formula is C8H13NO2S. The van der Waals surface area contributed by atoms with Crippen LogP contribution in [0, 0.1) is 13.8 Å². The number of sulfonamides is 1. The van der Waals surface area contributed by atoms with Crippen molar-refractivity contribution in [2.75, 3.05) is 0 Å². The summed E-state index contributed by atoms with van der Waals surface area (Å²) in [6.45, 7) is 3.55. The lowest BCUT2D eigenvalue weighted by molar-refractivity contribution is 0.597. The fraction of sp³-hybridized carbons (Fsp3) is 0.250. The number of hydrogen-bond acceptors (Lipinski definition) is 2. The molecule has 2 N–H and O–H groups in total. The summed E-state index contributed by atoms with van der Waals surface area (Å²) in [5.41, 5.74) is 1.58. The maximum absolute atomic E-state index is 11.0. The molecule has 0 atom stereocenters. The molecule has 0 spiro atoms. The van der Waals surface area contributed by atoms with Crippen molar-refractivity contribution in [1.82, 2.24) is 0 Å². The summed E-state index contributed by atoms with van der Waals surface area (Å²) < 4.78 is 22.0. The van der Waals surface area contributed by atoms with E-state index < -0.39 is 10.0 Å². The van der Waals surface area contributed by atoms with E-state index in [0.29, 0.717) is 5.56 Å². The minimum absolute atomic E-state index is 0. The molecule has 0 amide bonds. The van der Waals surface area contributed by atoms with Gasteiger partial charge in [0.2, 0.25) is 10.0 Å². The lowest BCUT2D eigenvalue weighted by Gasteiger charge is -2.03. The van der Waals surface area contributed by atoms with Crippen molar-refractivity contribution < 1.29 is 9.84 Å². The predicted molar refractivity (Wildman–Crippen MR) is 49.4 cm³/mol. The van der Waals surface area contributed by atoms with Gasteiger partial charge in [-0.1, -0.05) is 12.1 Å². The van der Waals surface area contributed by atoms with Gasteiger partial charge in [-0.05, 0) is 31.0 Å². The lowest BCUT2D eigenvalue weighted by atomic mass is 10.2. The summed E-state index contributed by atoms with van der Waals surface area (Å²) in [5, 5.41) is 5.00. The molecule has 0 aromatic heterocycles. The van der Waals surface area contributed by atoms with Crippen LogP contribution in [-0.4, -0.2) is 8.42 Å². The Balaban J connectivity index is 0.00000144. The quantitative estimate of drug-likeness (QED) is 0.718. The van der Waals surface area contributed by atoms with E-state index in [1.54, 1.807) is 19.1 Å². The van der Waals surface area contributed by atoms with Gasteiger partial charge in [-0.25, -0.2) is 13.6 Å². The molecule has 1 aromatic carbocycles. The summed E-state index contributed by atoms with van der Waals surface area (Å²) in [6, 6.07) is 5.17. The second-order valence-electron chi connectivity index (χ2n) is 2.81. The molecule has 0 aliphatic rings. The molecule has 0 heterocycles. The smallest absolute Gasteiger partial charge is 0.225 e. The summed E-state index contributed by atoms with van der Waals surface area (Å²) in [7, 11) is -3.56. The summed E-state index contributed by atoms with van der Waals surface area (Å²) in [6.07, 6.45) is 0. The van der Waals surface area contributed by atoms with Gasteiger partial charge in [0.25, 0.3) is 0 Å². The second kappa shape index (κ2) is 2.88. The molecule has 0 saturated carbocycles. The number of nitrogens with two attached hydrogens (primary N) is 1. The van der Waals surface area contributed by atoms with Crippen LogP contribution in [0.25, 0.3) is 0 Å². The first kappa shape index (κ1) is 9.22. The third kappa shape index (κ3) is 1.84. The molecule has 4 heteroatoms. The minimum Gasteiger partial charge on any atom is -0.225 e. The van der Waals surface area contributed by atoms with Crippen LogP contribution in [0.4, 0.5) is 0 Å². The van der Waals surface area contributed by atoms with Gasteiger partial charge in [0, 0.05) is 1.43 Å². The molecule has 0 aliphatic carbocycles. The van der Waals surface area contributed by atoms with Gasteiger partial charge in [0.1, 0.15) is 0 Å². The second-order valence-corrected chi connectivity index (χ2v) is 4.34. The van der Waals surface area contributed by atoms with Gasteiger partial charge in [-0.15, -0.1) is 0 Å². The molecule has 12 heavy (non-hydrogen) atoms. The number of hydrogen-bond donors (Lipinski definition) is 1. The van der Waals surface area contributed by atoms with Gasteiger partial charge in [0.15, 0.2) is 0 Å². The first-order valence-electron chi connectivity index (χ1n) is 3.51. The van der Waals surface area contributed by atoms with Gasteiger partial charge < -0.3 is 0 Å². The number of primary sulfonamides is 1.